The van der Waals surface area contributed by atoms with Crippen LogP contribution in [0.3, 0.4) is 0 Å². The minimum absolute atomic E-state index is 0.0146. The van der Waals surface area contributed by atoms with E-state index in [1.807, 2.05) is 32.9 Å². The van der Waals surface area contributed by atoms with Crippen molar-refractivity contribution in [3.63, 3.8) is 0 Å². The second-order valence-corrected chi connectivity index (χ2v) is 9.50. The zero-order valence-electron chi connectivity index (χ0n) is 18.2. The van der Waals surface area contributed by atoms with Crippen molar-refractivity contribution in [1.29, 1.82) is 0 Å². The van der Waals surface area contributed by atoms with Gasteiger partial charge in [-0.3, -0.25) is 9.69 Å². The van der Waals surface area contributed by atoms with Gasteiger partial charge in [-0.1, -0.05) is 0 Å². The summed E-state index contributed by atoms with van der Waals surface area (Å²) in [5.41, 5.74) is 1.94. The van der Waals surface area contributed by atoms with Gasteiger partial charge in [0.1, 0.15) is 22.2 Å². The molecule has 1 saturated heterocycles. The third kappa shape index (κ3) is 4.12. The van der Waals surface area contributed by atoms with Crippen LogP contribution >= 0.6 is 11.3 Å². The van der Waals surface area contributed by atoms with E-state index < -0.39 is 0 Å². The molecule has 31 heavy (non-hydrogen) atoms. The lowest BCUT2D eigenvalue weighted by Crippen LogP contribution is -2.43. The molecule has 4 heterocycles. The second kappa shape index (κ2) is 8.33. The highest BCUT2D eigenvalue weighted by molar-refractivity contribution is 7.20. The molecule has 2 aliphatic rings. The van der Waals surface area contributed by atoms with Gasteiger partial charge in [0.2, 0.25) is 0 Å². The molecule has 0 radical (unpaired) electrons. The summed E-state index contributed by atoms with van der Waals surface area (Å²) in [5.74, 6) is 3.12. The third-order valence-corrected chi connectivity index (χ3v) is 7.35. The number of carbonyl (C=O) groups excluding carboxylic acids is 1. The molecule has 8 heteroatoms. The molecule has 1 atom stereocenters. The lowest BCUT2D eigenvalue weighted by Gasteiger charge is -2.33. The maximum atomic E-state index is 13.2. The van der Waals surface area contributed by atoms with Crippen LogP contribution in [0.2, 0.25) is 0 Å². The molecular weight excluding hydrogens is 412 g/mol. The summed E-state index contributed by atoms with van der Waals surface area (Å²) in [4.78, 5) is 26.6. The largest absolute Gasteiger partial charge is 0.465 e. The minimum Gasteiger partial charge on any atom is -0.465 e. The van der Waals surface area contributed by atoms with Crippen LogP contribution in [0.25, 0.3) is 10.2 Å². The van der Waals surface area contributed by atoms with Crippen molar-refractivity contribution >= 4 is 27.5 Å². The van der Waals surface area contributed by atoms with Gasteiger partial charge in [0.05, 0.1) is 29.8 Å². The quantitative estimate of drug-likeness (QED) is 0.626. The topological polar surface area (TPSA) is 80.5 Å². The summed E-state index contributed by atoms with van der Waals surface area (Å²) in [6.07, 6.45) is 2.33. The van der Waals surface area contributed by atoms with Crippen LogP contribution in [-0.4, -0.2) is 53.6 Å². The lowest BCUT2D eigenvalue weighted by molar-refractivity contribution is 0.0117. The number of amides is 1. The number of aryl methyl sites for hydroxylation is 3. The van der Waals surface area contributed by atoms with Gasteiger partial charge in [-0.2, -0.15) is 0 Å². The first kappa shape index (κ1) is 20.6. The average molecular weight is 441 g/mol. The number of carbonyl (C=O) groups is 1. The number of rotatable bonds is 6. The number of nitrogens with zero attached hydrogens (tertiary/aromatic N) is 3. The van der Waals surface area contributed by atoms with Gasteiger partial charge in [0, 0.05) is 30.9 Å². The van der Waals surface area contributed by atoms with E-state index in [1.54, 1.807) is 0 Å². The van der Waals surface area contributed by atoms with E-state index in [0.29, 0.717) is 25.7 Å². The van der Waals surface area contributed by atoms with E-state index in [1.165, 1.54) is 11.3 Å². The van der Waals surface area contributed by atoms with Gasteiger partial charge in [-0.15, -0.1) is 11.3 Å². The molecule has 0 aromatic carbocycles. The van der Waals surface area contributed by atoms with Crippen molar-refractivity contribution in [2.75, 3.05) is 32.8 Å². The SMILES string of the molecule is Cc1ccc(C(CNC(=O)c2sc3nc(C4CC4)nc(C)c3c2C)N2CCOCC2)o1. The maximum Gasteiger partial charge on any atom is 0.261 e. The molecule has 164 valence electrons. The second-order valence-electron chi connectivity index (χ2n) is 8.50. The predicted molar refractivity (Wildman–Crippen MR) is 120 cm³/mol. The summed E-state index contributed by atoms with van der Waals surface area (Å²) in [6.45, 7) is 9.47. The van der Waals surface area contributed by atoms with E-state index in [4.69, 9.17) is 19.1 Å². The van der Waals surface area contributed by atoms with E-state index in [-0.39, 0.29) is 11.9 Å². The Labute approximate surface area is 185 Å². The highest BCUT2D eigenvalue weighted by atomic mass is 32.1. The molecule has 1 amide bonds. The van der Waals surface area contributed by atoms with E-state index in [0.717, 1.165) is 69.6 Å². The van der Waals surface area contributed by atoms with Crippen LogP contribution in [-0.2, 0) is 4.74 Å². The Morgan fingerprint density at radius 2 is 2.00 bits per heavy atom. The monoisotopic (exact) mass is 440 g/mol. The summed E-state index contributed by atoms with van der Waals surface area (Å²) < 4.78 is 11.4. The summed E-state index contributed by atoms with van der Waals surface area (Å²) in [7, 11) is 0. The summed E-state index contributed by atoms with van der Waals surface area (Å²) in [6, 6.07) is 3.96. The zero-order chi connectivity index (χ0) is 21.5. The number of aromatic nitrogens is 2. The van der Waals surface area contributed by atoms with Gasteiger partial charge < -0.3 is 14.5 Å². The van der Waals surface area contributed by atoms with Crippen LogP contribution in [0.1, 0.15) is 63.1 Å². The van der Waals surface area contributed by atoms with Crippen LogP contribution < -0.4 is 5.32 Å². The minimum atomic E-state index is -0.0607. The van der Waals surface area contributed by atoms with Crippen molar-refractivity contribution < 1.29 is 13.9 Å². The van der Waals surface area contributed by atoms with Crippen LogP contribution in [0.15, 0.2) is 16.5 Å². The van der Waals surface area contributed by atoms with Gasteiger partial charge in [0.25, 0.3) is 5.91 Å². The molecule has 1 N–H and O–H groups in total. The first-order valence-electron chi connectivity index (χ1n) is 10.9. The van der Waals surface area contributed by atoms with Gasteiger partial charge >= 0.3 is 0 Å². The van der Waals surface area contributed by atoms with Crippen molar-refractivity contribution in [2.24, 2.45) is 0 Å². The Balaban J connectivity index is 1.37. The van der Waals surface area contributed by atoms with E-state index >= 15 is 0 Å². The number of hydrogen-bond acceptors (Lipinski definition) is 7. The molecule has 7 nitrogen and oxygen atoms in total. The Bertz CT molecular complexity index is 1110. The number of hydrogen-bond donors (Lipinski definition) is 1. The Morgan fingerprint density at radius 3 is 2.68 bits per heavy atom. The fraction of sp³-hybridized carbons (Fsp3) is 0.522. The highest BCUT2D eigenvalue weighted by Crippen LogP contribution is 2.40. The fourth-order valence-electron chi connectivity index (χ4n) is 4.30. The molecular formula is C23H28N4O3S. The Kier molecular flexibility index (Phi) is 5.54. The van der Waals surface area contributed by atoms with Gasteiger partial charge in [-0.05, 0) is 51.3 Å². The molecule has 1 aliphatic heterocycles. The van der Waals surface area contributed by atoms with Crippen molar-refractivity contribution in [1.82, 2.24) is 20.2 Å². The normalized spacial score (nSPS) is 18.4. The van der Waals surface area contributed by atoms with E-state index in [9.17, 15) is 4.79 Å². The molecule has 1 unspecified atom stereocenters. The predicted octanol–water partition coefficient (Wildman–Crippen LogP) is 3.89. The van der Waals surface area contributed by atoms with Gasteiger partial charge in [0.15, 0.2) is 0 Å². The Morgan fingerprint density at radius 1 is 1.23 bits per heavy atom. The number of ether oxygens (including phenoxy) is 1. The lowest BCUT2D eigenvalue weighted by atomic mass is 10.1. The number of furan rings is 1. The highest BCUT2D eigenvalue weighted by Gasteiger charge is 2.29. The standard InChI is InChI=1S/C23H28N4O3S/c1-13-4-7-18(30-13)17(27-8-10-29-11-9-27)12-24-22(28)20-14(2)19-15(3)25-21(16-5-6-16)26-23(19)31-20/h4,7,16-17H,5-6,8-12H2,1-3H3,(H,24,28). The summed E-state index contributed by atoms with van der Waals surface area (Å²) >= 11 is 1.47. The van der Waals surface area contributed by atoms with E-state index in [2.05, 4.69) is 10.2 Å². The maximum absolute atomic E-state index is 13.2. The molecule has 3 aromatic rings. The molecule has 1 aliphatic carbocycles. The molecule has 3 aromatic heterocycles. The average Bonchev–Trinajstić information content (AvgIpc) is 3.45. The number of fused-ring (bicyclic) bond motifs is 1. The van der Waals surface area contributed by atoms with Crippen molar-refractivity contribution in [2.45, 2.75) is 45.6 Å². The fourth-order valence-corrected chi connectivity index (χ4v) is 5.46. The third-order valence-electron chi connectivity index (χ3n) is 6.17. The first-order chi connectivity index (χ1) is 15.0. The van der Waals surface area contributed by atoms with Crippen molar-refractivity contribution in [3.8, 4) is 0 Å². The number of morpholine rings is 1. The van der Waals surface area contributed by atoms with Crippen LogP contribution in [0, 0.1) is 20.8 Å². The van der Waals surface area contributed by atoms with Crippen LogP contribution in [0.4, 0.5) is 0 Å². The molecule has 0 spiro atoms. The first-order valence-corrected chi connectivity index (χ1v) is 11.8. The Hall–Kier alpha value is -2.29. The van der Waals surface area contributed by atoms with Gasteiger partial charge in [-0.25, -0.2) is 9.97 Å². The molecule has 2 fully saturated rings. The zero-order valence-corrected chi connectivity index (χ0v) is 19.1. The van der Waals surface area contributed by atoms with Crippen molar-refractivity contribution in [3.05, 3.63) is 45.6 Å². The molecule has 0 bridgehead atoms. The van der Waals surface area contributed by atoms with Crippen LogP contribution in [0.5, 0.6) is 0 Å². The smallest absolute Gasteiger partial charge is 0.261 e. The summed E-state index contributed by atoms with van der Waals surface area (Å²) in [5, 5.41) is 4.18. The number of thiophene rings is 1. The number of nitrogens with one attached hydrogen (secondary N) is 1. The molecule has 1 saturated carbocycles. The molecule has 5 rings (SSSR count).